The number of tetrazole rings is 1. The number of hydrogen-bond donors (Lipinski definition) is 3. The normalized spacial score (nSPS) is 20.5. The molecular weight excluding hydrogens is 701 g/mol. The van der Waals surface area contributed by atoms with Gasteiger partial charge >= 0.3 is 11.9 Å². The minimum atomic E-state index is -1.26. The Morgan fingerprint density at radius 2 is 1.94 bits per heavy atom. The molecule has 5 heterocycles. The summed E-state index contributed by atoms with van der Waals surface area (Å²) < 4.78 is 10.9. The van der Waals surface area contributed by atoms with E-state index in [1.165, 1.54) is 28.4 Å². The highest BCUT2D eigenvalue weighted by Crippen LogP contribution is 2.41. The van der Waals surface area contributed by atoms with Crippen molar-refractivity contribution in [3.05, 3.63) is 17.1 Å². The summed E-state index contributed by atoms with van der Waals surface area (Å²) in [7, 11) is 2.12. The monoisotopic (exact) mass is 738 g/mol. The number of piperazine rings is 1. The number of aromatic nitrogens is 6. The molecule has 3 aliphatic heterocycles. The fourth-order valence-corrected chi connectivity index (χ4v) is 7.97. The number of thioether (sulfide) groups is 2. The summed E-state index contributed by atoms with van der Waals surface area (Å²) in [5, 5.41) is 28.4. The molecule has 1 unspecified atom stereocenters. The summed E-state index contributed by atoms with van der Waals surface area (Å²) in [4.78, 5) is 66.0. The number of likely N-dealkylation sites (N-methyl/N-ethyl adjacent to an activating group) is 1. The van der Waals surface area contributed by atoms with E-state index < -0.39 is 53.1 Å². The number of anilines is 1. The van der Waals surface area contributed by atoms with Gasteiger partial charge in [-0.1, -0.05) is 16.9 Å². The topological polar surface area (TPSA) is 236 Å². The first-order valence-electron chi connectivity index (χ1n) is 15.3. The van der Waals surface area contributed by atoms with Crippen LogP contribution in [0.2, 0.25) is 0 Å². The van der Waals surface area contributed by atoms with E-state index >= 15 is 0 Å². The van der Waals surface area contributed by atoms with Crippen molar-refractivity contribution in [3.8, 4) is 0 Å². The van der Waals surface area contributed by atoms with Gasteiger partial charge in [-0.3, -0.25) is 14.5 Å². The van der Waals surface area contributed by atoms with E-state index in [9.17, 15) is 24.3 Å². The van der Waals surface area contributed by atoms with Crippen molar-refractivity contribution < 1.29 is 33.9 Å². The molecule has 3 aliphatic rings. The van der Waals surface area contributed by atoms with Crippen LogP contribution in [0.15, 0.2) is 21.6 Å². The molecule has 2 aromatic rings. The number of ether oxygens (including phenoxy) is 1. The number of nitrogens with zero attached hydrogens (tertiary/aromatic N) is 10. The van der Waals surface area contributed by atoms with E-state index in [4.69, 9.17) is 15.3 Å². The fourth-order valence-electron chi connectivity index (χ4n) is 5.15. The first kappa shape index (κ1) is 36.4. The standard InChI is InChI=1S/C27H38N12O7S3/c1-27(2,3)46-16(40)12-45-32-17(20-30-25(28)49-33-20)21(41)29-18-22(42)39-19(24(43)44)15(13-47-23(18)39)14-48-26-31-34-35-38(26)7-5-6-37-10-8-36(4)9-11-37/h18,23H,5-14H2,1-4H3,(H,29,41)(H,43,44)(H2,28,30,33)/b32-17-/t18?,23-/m1/s1. The molecule has 0 spiro atoms. The second-order valence-electron chi connectivity index (χ2n) is 12.3. The van der Waals surface area contributed by atoms with Crippen LogP contribution in [0.1, 0.15) is 33.0 Å². The van der Waals surface area contributed by atoms with E-state index in [0.717, 1.165) is 50.7 Å². The van der Waals surface area contributed by atoms with Crippen LogP contribution < -0.4 is 11.1 Å². The molecule has 22 heteroatoms. The Hall–Kier alpha value is -3.86. The molecule has 2 aromatic heterocycles. The number of carbonyl (C=O) groups is 4. The van der Waals surface area contributed by atoms with Gasteiger partial charge in [-0.05, 0) is 50.2 Å². The Morgan fingerprint density at radius 1 is 1.18 bits per heavy atom. The van der Waals surface area contributed by atoms with Gasteiger partial charge in [0, 0.05) is 62.3 Å². The van der Waals surface area contributed by atoms with Crippen molar-refractivity contribution in [2.75, 3.05) is 63.6 Å². The lowest BCUT2D eigenvalue weighted by molar-refractivity contribution is -0.160. The summed E-state index contributed by atoms with van der Waals surface area (Å²) in [5.74, 6) is -3.08. The first-order valence-corrected chi connectivity index (χ1v) is 18.1. The SMILES string of the molecule is CN1CCN(CCCn2nnnc2SCC2=C(C(=O)O)N3C(=O)C(NC(=O)/C(=N\OCC(=O)OC(C)(C)C)c4nsc(N)n4)[C@H]3SC2)CC1. The molecule has 2 saturated heterocycles. The number of hydrogen-bond acceptors (Lipinski definition) is 18. The molecule has 49 heavy (non-hydrogen) atoms. The maximum atomic E-state index is 13.3. The summed E-state index contributed by atoms with van der Waals surface area (Å²) in [6, 6.07) is -1.07. The fraction of sp³-hybridized carbons (Fsp3) is 0.630. The number of esters is 1. The molecule has 2 atom stereocenters. The summed E-state index contributed by atoms with van der Waals surface area (Å²) in [6.45, 7) is 10.1. The van der Waals surface area contributed by atoms with Crippen LogP contribution in [-0.4, -0.2) is 154 Å². The van der Waals surface area contributed by atoms with E-state index in [-0.39, 0.29) is 22.4 Å². The zero-order valence-corrected chi connectivity index (χ0v) is 29.8. The lowest BCUT2D eigenvalue weighted by atomic mass is 10.0. The summed E-state index contributed by atoms with van der Waals surface area (Å²) >= 11 is 3.43. The third-order valence-electron chi connectivity index (χ3n) is 7.48. The molecule has 0 aliphatic carbocycles. The molecular formula is C27H38N12O7S3. The van der Waals surface area contributed by atoms with Crippen LogP contribution in [0.3, 0.4) is 0 Å². The van der Waals surface area contributed by atoms with Gasteiger partial charge in [0.15, 0.2) is 5.13 Å². The van der Waals surface area contributed by atoms with Gasteiger partial charge in [-0.2, -0.15) is 9.36 Å². The Kier molecular flexibility index (Phi) is 11.7. The number of aryl methyl sites for hydroxylation is 1. The molecule has 2 fully saturated rings. The average molecular weight is 739 g/mol. The van der Waals surface area contributed by atoms with Crippen molar-refractivity contribution >= 4 is 69.7 Å². The van der Waals surface area contributed by atoms with Crippen molar-refractivity contribution in [1.82, 2.24) is 49.6 Å². The number of amides is 2. The number of carboxylic acids is 1. The minimum absolute atomic E-state index is 0.0534. The smallest absolute Gasteiger partial charge is 0.352 e. The number of oxime groups is 1. The van der Waals surface area contributed by atoms with Crippen LogP contribution >= 0.6 is 35.1 Å². The van der Waals surface area contributed by atoms with Gasteiger partial charge in [0.2, 0.25) is 23.3 Å². The largest absolute Gasteiger partial charge is 0.477 e. The molecule has 0 radical (unpaired) electrons. The van der Waals surface area contributed by atoms with E-state index in [1.807, 2.05) is 0 Å². The van der Waals surface area contributed by atoms with E-state index in [2.05, 4.69) is 52.2 Å². The molecule has 4 N–H and O–H groups in total. The maximum absolute atomic E-state index is 13.3. The zero-order valence-electron chi connectivity index (χ0n) is 27.4. The predicted molar refractivity (Wildman–Crippen MR) is 179 cm³/mol. The van der Waals surface area contributed by atoms with Crippen LogP contribution in [0.4, 0.5) is 5.13 Å². The Balaban J connectivity index is 1.20. The molecule has 0 aromatic carbocycles. The number of fused-ring (bicyclic) bond motifs is 1. The van der Waals surface area contributed by atoms with Crippen molar-refractivity contribution in [2.45, 2.75) is 55.9 Å². The molecule has 2 amide bonds. The Bertz CT molecular complexity index is 1620. The number of β-lactam (4-membered cyclic amide) rings is 1. The number of nitrogens with one attached hydrogen (secondary N) is 1. The highest BCUT2D eigenvalue weighted by molar-refractivity contribution is 8.01. The summed E-state index contributed by atoms with van der Waals surface area (Å²) in [5.41, 5.74) is 4.90. The van der Waals surface area contributed by atoms with Crippen LogP contribution in [0, 0.1) is 0 Å². The zero-order chi connectivity index (χ0) is 35.3. The molecule has 0 bridgehead atoms. The Labute approximate surface area is 294 Å². The van der Waals surface area contributed by atoms with Crippen LogP contribution in [0.25, 0.3) is 0 Å². The first-order chi connectivity index (χ1) is 23.3. The second kappa shape index (κ2) is 15.8. The predicted octanol–water partition coefficient (Wildman–Crippen LogP) is -0.662. The lowest BCUT2D eigenvalue weighted by Crippen LogP contribution is -2.71. The molecule has 19 nitrogen and oxygen atoms in total. The number of nitrogens with two attached hydrogens (primary N) is 1. The second-order valence-corrected chi connectivity index (χ2v) is 15.2. The third kappa shape index (κ3) is 9.23. The molecule has 266 valence electrons. The number of rotatable bonds is 14. The molecule has 5 rings (SSSR count). The van der Waals surface area contributed by atoms with Gasteiger partial charge in [0.25, 0.3) is 11.8 Å². The van der Waals surface area contributed by atoms with Gasteiger partial charge in [-0.25, -0.2) is 14.3 Å². The van der Waals surface area contributed by atoms with Gasteiger partial charge in [0.1, 0.15) is 22.7 Å². The van der Waals surface area contributed by atoms with E-state index in [0.29, 0.717) is 23.0 Å². The average Bonchev–Trinajstić information content (AvgIpc) is 3.68. The van der Waals surface area contributed by atoms with Crippen molar-refractivity contribution in [3.63, 3.8) is 0 Å². The van der Waals surface area contributed by atoms with Crippen LogP contribution in [0.5, 0.6) is 0 Å². The lowest BCUT2D eigenvalue weighted by Gasteiger charge is -2.49. The highest BCUT2D eigenvalue weighted by Gasteiger charge is 2.54. The number of carboxylic acid groups (broad SMARTS) is 1. The van der Waals surface area contributed by atoms with Gasteiger partial charge in [-0.15, -0.1) is 16.9 Å². The van der Waals surface area contributed by atoms with Gasteiger partial charge in [0.05, 0.1) is 0 Å². The van der Waals surface area contributed by atoms with Crippen molar-refractivity contribution in [2.24, 2.45) is 5.16 Å². The maximum Gasteiger partial charge on any atom is 0.352 e. The number of nitrogen functional groups attached to an aromatic ring is 1. The van der Waals surface area contributed by atoms with E-state index in [1.54, 1.807) is 25.5 Å². The van der Waals surface area contributed by atoms with Gasteiger partial charge < -0.3 is 35.5 Å². The minimum Gasteiger partial charge on any atom is -0.477 e. The van der Waals surface area contributed by atoms with Crippen molar-refractivity contribution in [1.29, 1.82) is 0 Å². The highest BCUT2D eigenvalue weighted by atomic mass is 32.2. The molecule has 0 saturated carbocycles. The van der Waals surface area contributed by atoms with Crippen LogP contribution in [-0.2, 0) is 35.3 Å². The third-order valence-corrected chi connectivity index (χ3v) is 10.4. The number of carbonyl (C=O) groups excluding carboxylic acids is 3. The quantitative estimate of drug-likeness (QED) is 0.0717. The summed E-state index contributed by atoms with van der Waals surface area (Å²) in [6.07, 6.45) is 0.868. The number of aliphatic carboxylic acids is 1. The Morgan fingerprint density at radius 3 is 2.61 bits per heavy atom.